The predicted molar refractivity (Wildman–Crippen MR) is 93.9 cm³/mol. The first kappa shape index (κ1) is 16.3. The van der Waals surface area contributed by atoms with Gasteiger partial charge in [-0.05, 0) is 50.1 Å². The summed E-state index contributed by atoms with van der Waals surface area (Å²) in [5.74, 6) is 1.05. The Morgan fingerprint density at radius 2 is 2.04 bits per heavy atom. The molecule has 0 radical (unpaired) electrons. The minimum atomic E-state index is 0.198. The Labute approximate surface area is 139 Å². The van der Waals surface area contributed by atoms with Crippen molar-refractivity contribution < 1.29 is 4.79 Å². The minimum Gasteiger partial charge on any atom is -0.356 e. The predicted octanol–water partition coefficient (Wildman–Crippen LogP) is 3.37. The SMILES string of the molecule is O=C(NCC1CCCN(Cc2ccccc2)C1)C1CC=CCC1. The number of benzene rings is 1. The molecule has 1 fully saturated rings. The van der Waals surface area contributed by atoms with E-state index in [4.69, 9.17) is 0 Å². The van der Waals surface area contributed by atoms with Crippen molar-refractivity contribution in [2.75, 3.05) is 19.6 Å². The molecule has 1 aliphatic heterocycles. The summed E-state index contributed by atoms with van der Waals surface area (Å²) in [4.78, 5) is 14.8. The quantitative estimate of drug-likeness (QED) is 0.846. The lowest BCUT2D eigenvalue weighted by Crippen LogP contribution is -2.42. The van der Waals surface area contributed by atoms with Crippen LogP contribution in [0, 0.1) is 11.8 Å². The molecule has 0 saturated carbocycles. The maximum absolute atomic E-state index is 12.3. The molecule has 1 saturated heterocycles. The molecule has 0 bridgehead atoms. The first-order chi connectivity index (χ1) is 11.3. The molecule has 124 valence electrons. The van der Waals surface area contributed by atoms with E-state index in [1.165, 1.54) is 24.9 Å². The summed E-state index contributed by atoms with van der Waals surface area (Å²) in [7, 11) is 0. The molecule has 3 rings (SSSR count). The summed E-state index contributed by atoms with van der Waals surface area (Å²) < 4.78 is 0. The van der Waals surface area contributed by atoms with Gasteiger partial charge >= 0.3 is 0 Å². The van der Waals surface area contributed by atoms with E-state index in [-0.39, 0.29) is 11.8 Å². The minimum absolute atomic E-state index is 0.198. The Morgan fingerprint density at radius 3 is 2.83 bits per heavy atom. The van der Waals surface area contributed by atoms with E-state index in [1.54, 1.807) is 0 Å². The summed E-state index contributed by atoms with van der Waals surface area (Å²) in [5.41, 5.74) is 1.38. The average molecular weight is 312 g/mol. The molecular formula is C20H28N2O. The summed E-state index contributed by atoms with van der Waals surface area (Å²) in [5, 5.41) is 3.21. The van der Waals surface area contributed by atoms with Crippen LogP contribution in [0.4, 0.5) is 0 Å². The molecule has 1 amide bonds. The van der Waals surface area contributed by atoms with Gasteiger partial charge in [-0.2, -0.15) is 0 Å². The van der Waals surface area contributed by atoms with Crippen molar-refractivity contribution in [3.8, 4) is 0 Å². The number of rotatable bonds is 5. The summed E-state index contributed by atoms with van der Waals surface area (Å²) in [6.07, 6.45) is 9.77. The van der Waals surface area contributed by atoms with E-state index in [0.29, 0.717) is 5.92 Å². The maximum Gasteiger partial charge on any atom is 0.223 e. The van der Waals surface area contributed by atoms with Crippen molar-refractivity contribution >= 4 is 5.91 Å². The molecule has 23 heavy (non-hydrogen) atoms. The number of nitrogens with zero attached hydrogens (tertiary/aromatic N) is 1. The van der Waals surface area contributed by atoms with E-state index < -0.39 is 0 Å². The zero-order valence-electron chi connectivity index (χ0n) is 13.9. The van der Waals surface area contributed by atoms with Gasteiger partial charge in [-0.15, -0.1) is 0 Å². The first-order valence-corrected chi connectivity index (χ1v) is 9.00. The molecular weight excluding hydrogens is 284 g/mol. The van der Waals surface area contributed by atoms with E-state index in [9.17, 15) is 4.79 Å². The zero-order chi connectivity index (χ0) is 15.9. The van der Waals surface area contributed by atoms with Gasteiger partial charge in [0.15, 0.2) is 0 Å². The van der Waals surface area contributed by atoms with Gasteiger partial charge in [0.05, 0.1) is 0 Å². The topological polar surface area (TPSA) is 32.3 Å². The van der Waals surface area contributed by atoms with Crippen LogP contribution >= 0.6 is 0 Å². The molecule has 2 atom stereocenters. The van der Waals surface area contributed by atoms with Gasteiger partial charge in [0.2, 0.25) is 5.91 Å². The van der Waals surface area contributed by atoms with Gasteiger partial charge in [0, 0.05) is 25.6 Å². The maximum atomic E-state index is 12.3. The highest BCUT2D eigenvalue weighted by molar-refractivity contribution is 5.78. The molecule has 1 N–H and O–H groups in total. The number of amides is 1. The Balaban J connectivity index is 1.43. The van der Waals surface area contributed by atoms with Crippen molar-refractivity contribution in [3.05, 3.63) is 48.0 Å². The smallest absolute Gasteiger partial charge is 0.223 e. The fraction of sp³-hybridized carbons (Fsp3) is 0.550. The number of piperidine rings is 1. The monoisotopic (exact) mass is 312 g/mol. The van der Waals surface area contributed by atoms with Crippen LogP contribution in [0.25, 0.3) is 0 Å². The number of hydrogen-bond donors (Lipinski definition) is 1. The molecule has 1 aromatic carbocycles. The van der Waals surface area contributed by atoms with Gasteiger partial charge in [0.1, 0.15) is 0 Å². The fourth-order valence-corrected chi connectivity index (χ4v) is 3.72. The van der Waals surface area contributed by atoms with Crippen LogP contribution in [0.2, 0.25) is 0 Å². The van der Waals surface area contributed by atoms with Crippen LogP contribution < -0.4 is 5.32 Å². The molecule has 3 nitrogen and oxygen atoms in total. The van der Waals surface area contributed by atoms with Crippen molar-refractivity contribution in [1.29, 1.82) is 0 Å². The zero-order valence-corrected chi connectivity index (χ0v) is 13.9. The van der Waals surface area contributed by atoms with Crippen molar-refractivity contribution in [3.63, 3.8) is 0 Å². The van der Waals surface area contributed by atoms with Crippen LogP contribution in [-0.4, -0.2) is 30.4 Å². The number of likely N-dealkylation sites (tertiary alicyclic amines) is 1. The lowest BCUT2D eigenvalue weighted by molar-refractivity contribution is -0.125. The van der Waals surface area contributed by atoms with Gasteiger partial charge in [-0.25, -0.2) is 0 Å². The molecule has 3 heteroatoms. The standard InChI is InChI=1S/C20H28N2O/c23-20(19-11-5-2-6-12-19)21-14-18-10-7-13-22(16-18)15-17-8-3-1-4-9-17/h1-5,8-9,18-19H,6-7,10-16H2,(H,21,23). The van der Waals surface area contributed by atoms with Crippen LogP contribution in [0.3, 0.4) is 0 Å². The van der Waals surface area contributed by atoms with E-state index in [2.05, 4.69) is 52.7 Å². The summed E-state index contributed by atoms with van der Waals surface area (Å²) >= 11 is 0. The number of hydrogen-bond acceptors (Lipinski definition) is 2. The Hall–Kier alpha value is -1.61. The van der Waals surface area contributed by atoms with Gasteiger partial charge in [0.25, 0.3) is 0 Å². The van der Waals surface area contributed by atoms with Crippen molar-refractivity contribution in [2.45, 2.75) is 38.6 Å². The molecule has 2 unspecified atom stereocenters. The summed E-state index contributed by atoms with van der Waals surface area (Å²) in [6, 6.07) is 10.7. The fourth-order valence-electron chi connectivity index (χ4n) is 3.72. The van der Waals surface area contributed by atoms with E-state index in [0.717, 1.165) is 38.9 Å². The third kappa shape index (κ3) is 4.93. The van der Waals surface area contributed by atoms with Crippen LogP contribution in [0.1, 0.15) is 37.7 Å². The number of nitrogens with one attached hydrogen (secondary N) is 1. The molecule has 2 aliphatic rings. The van der Waals surface area contributed by atoms with Gasteiger partial charge in [-0.3, -0.25) is 9.69 Å². The summed E-state index contributed by atoms with van der Waals surface area (Å²) in [6.45, 7) is 4.13. The van der Waals surface area contributed by atoms with Crippen molar-refractivity contribution in [1.82, 2.24) is 10.2 Å². The Kier molecular flexibility index (Phi) is 5.87. The van der Waals surface area contributed by atoms with Crippen LogP contribution in [0.15, 0.2) is 42.5 Å². The first-order valence-electron chi connectivity index (χ1n) is 9.00. The van der Waals surface area contributed by atoms with E-state index >= 15 is 0 Å². The lowest BCUT2D eigenvalue weighted by atomic mass is 9.93. The van der Waals surface area contributed by atoms with Crippen LogP contribution in [0.5, 0.6) is 0 Å². The van der Waals surface area contributed by atoms with E-state index in [1.807, 2.05) is 0 Å². The Morgan fingerprint density at radius 1 is 1.17 bits per heavy atom. The third-order valence-electron chi connectivity index (χ3n) is 5.06. The van der Waals surface area contributed by atoms with Gasteiger partial charge in [-0.1, -0.05) is 42.5 Å². The number of carbonyl (C=O) groups is 1. The third-order valence-corrected chi connectivity index (χ3v) is 5.06. The highest BCUT2D eigenvalue weighted by atomic mass is 16.1. The number of carbonyl (C=O) groups excluding carboxylic acids is 1. The largest absolute Gasteiger partial charge is 0.356 e. The Bertz CT molecular complexity index is 526. The number of allylic oxidation sites excluding steroid dienone is 2. The van der Waals surface area contributed by atoms with Gasteiger partial charge < -0.3 is 5.32 Å². The highest BCUT2D eigenvalue weighted by Crippen LogP contribution is 2.20. The van der Waals surface area contributed by atoms with Crippen LogP contribution in [-0.2, 0) is 11.3 Å². The second-order valence-corrected chi connectivity index (χ2v) is 6.96. The highest BCUT2D eigenvalue weighted by Gasteiger charge is 2.23. The second-order valence-electron chi connectivity index (χ2n) is 6.96. The lowest BCUT2D eigenvalue weighted by Gasteiger charge is -2.33. The molecule has 1 aliphatic carbocycles. The molecule has 1 aromatic rings. The molecule has 0 aromatic heterocycles. The molecule has 1 heterocycles. The average Bonchev–Trinajstić information content (AvgIpc) is 2.62. The van der Waals surface area contributed by atoms with Crippen molar-refractivity contribution in [2.24, 2.45) is 11.8 Å². The second kappa shape index (κ2) is 8.30. The normalized spacial score (nSPS) is 25.2. The molecule has 0 spiro atoms.